The summed E-state index contributed by atoms with van der Waals surface area (Å²) in [6.07, 6.45) is 0. The van der Waals surface area contributed by atoms with Crippen LogP contribution in [0.25, 0.3) is 0 Å². The van der Waals surface area contributed by atoms with Crippen molar-refractivity contribution in [2.75, 3.05) is 0 Å². The van der Waals surface area contributed by atoms with E-state index in [0.29, 0.717) is 0 Å². The molecule has 0 bridgehead atoms. The molecule has 3 rings (SSSR count). The van der Waals surface area contributed by atoms with Gasteiger partial charge in [-0.05, 0) is 36.8 Å². The van der Waals surface area contributed by atoms with E-state index in [9.17, 15) is 4.21 Å². The van der Waals surface area contributed by atoms with Crippen molar-refractivity contribution in [3.63, 3.8) is 0 Å². The van der Waals surface area contributed by atoms with Gasteiger partial charge in [0.05, 0.1) is 4.90 Å². The molecular weight excluding hydrogens is 326 g/mol. The molecule has 0 saturated carbocycles. The van der Waals surface area contributed by atoms with E-state index in [1.165, 1.54) is 0 Å². The number of nitrogens with one attached hydrogen (secondary N) is 1. The summed E-state index contributed by atoms with van der Waals surface area (Å²) in [7, 11) is -1.33. The SMILES string of the molecule is Cc1ccc(S(=O)N[C@@H](C#Cc2ccccc2)c2ccccc2)cc1. The average molecular weight is 345 g/mol. The second-order valence-corrected chi connectivity index (χ2v) is 6.92. The Labute approximate surface area is 151 Å². The number of hydrogen-bond acceptors (Lipinski definition) is 1. The van der Waals surface area contributed by atoms with E-state index in [-0.39, 0.29) is 6.04 Å². The van der Waals surface area contributed by atoms with Crippen LogP contribution in [0.2, 0.25) is 0 Å². The molecule has 0 saturated heterocycles. The predicted octanol–water partition coefficient (Wildman–Crippen LogP) is 4.40. The summed E-state index contributed by atoms with van der Waals surface area (Å²) in [6, 6.07) is 27.0. The van der Waals surface area contributed by atoms with Crippen molar-refractivity contribution in [2.24, 2.45) is 0 Å². The fourth-order valence-corrected chi connectivity index (χ4v) is 3.27. The summed E-state index contributed by atoms with van der Waals surface area (Å²) in [5, 5.41) is 0. The molecule has 3 aromatic rings. The van der Waals surface area contributed by atoms with Crippen molar-refractivity contribution >= 4 is 11.0 Å². The molecule has 0 aliphatic rings. The second-order valence-electron chi connectivity index (χ2n) is 5.68. The van der Waals surface area contributed by atoms with Crippen molar-refractivity contribution < 1.29 is 4.21 Å². The van der Waals surface area contributed by atoms with E-state index in [0.717, 1.165) is 21.6 Å². The average Bonchev–Trinajstić information content (AvgIpc) is 2.67. The highest BCUT2D eigenvalue weighted by molar-refractivity contribution is 7.83. The summed E-state index contributed by atoms with van der Waals surface area (Å²) in [6.45, 7) is 2.01. The summed E-state index contributed by atoms with van der Waals surface area (Å²) in [4.78, 5) is 0.744. The third kappa shape index (κ3) is 4.90. The van der Waals surface area contributed by atoms with Gasteiger partial charge in [0.15, 0.2) is 0 Å². The maximum Gasteiger partial charge on any atom is 0.126 e. The van der Waals surface area contributed by atoms with Gasteiger partial charge in [-0.25, -0.2) is 8.93 Å². The van der Waals surface area contributed by atoms with Crippen LogP contribution < -0.4 is 4.72 Å². The molecule has 1 unspecified atom stereocenters. The normalized spacial score (nSPS) is 12.7. The molecule has 0 aliphatic heterocycles. The molecule has 124 valence electrons. The van der Waals surface area contributed by atoms with Gasteiger partial charge in [0.1, 0.15) is 17.0 Å². The topological polar surface area (TPSA) is 29.1 Å². The van der Waals surface area contributed by atoms with Crippen LogP contribution in [0.15, 0.2) is 89.8 Å². The lowest BCUT2D eigenvalue weighted by Gasteiger charge is -2.13. The first-order chi connectivity index (χ1) is 12.2. The van der Waals surface area contributed by atoms with Crippen LogP contribution in [0.5, 0.6) is 0 Å². The second kappa shape index (κ2) is 8.43. The predicted molar refractivity (Wildman–Crippen MR) is 103 cm³/mol. The van der Waals surface area contributed by atoms with Gasteiger partial charge in [-0.15, -0.1) is 0 Å². The standard InChI is InChI=1S/C22H19NOS/c1-18-12-15-21(16-13-18)25(24)23-22(20-10-6-3-7-11-20)17-14-19-8-4-2-5-9-19/h2-13,15-16,22-23H,1H3/t22-,25?/m0/s1. The lowest BCUT2D eigenvalue weighted by Crippen LogP contribution is -2.22. The molecule has 0 aliphatic carbocycles. The molecule has 3 aromatic carbocycles. The minimum atomic E-state index is -1.33. The van der Waals surface area contributed by atoms with Gasteiger partial charge in [0.2, 0.25) is 0 Å². The Bertz CT molecular complexity index is 894. The van der Waals surface area contributed by atoms with Crippen molar-refractivity contribution in [2.45, 2.75) is 17.9 Å². The molecule has 2 atom stereocenters. The Morgan fingerprint density at radius 2 is 1.44 bits per heavy atom. The van der Waals surface area contributed by atoms with Gasteiger partial charge in [-0.1, -0.05) is 78.1 Å². The van der Waals surface area contributed by atoms with Gasteiger partial charge < -0.3 is 0 Å². The summed E-state index contributed by atoms with van der Waals surface area (Å²) in [5.41, 5.74) is 3.07. The maximum absolute atomic E-state index is 12.7. The minimum Gasteiger partial charge on any atom is -0.237 e. The fraction of sp³-hybridized carbons (Fsp3) is 0.0909. The molecule has 2 nitrogen and oxygen atoms in total. The first-order valence-electron chi connectivity index (χ1n) is 8.08. The number of hydrogen-bond donors (Lipinski definition) is 1. The first kappa shape index (κ1) is 17.2. The highest BCUT2D eigenvalue weighted by atomic mass is 32.2. The zero-order valence-electron chi connectivity index (χ0n) is 14.0. The van der Waals surface area contributed by atoms with Gasteiger partial charge in [0.25, 0.3) is 0 Å². The van der Waals surface area contributed by atoms with E-state index in [1.54, 1.807) is 0 Å². The smallest absolute Gasteiger partial charge is 0.126 e. The molecule has 3 heteroatoms. The van der Waals surface area contributed by atoms with E-state index in [2.05, 4.69) is 16.6 Å². The van der Waals surface area contributed by atoms with Crippen LogP contribution in [0.3, 0.4) is 0 Å². The Kier molecular flexibility index (Phi) is 5.79. The summed E-state index contributed by atoms with van der Waals surface area (Å²) in [5.74, 6) is 6.37. The largest absolute Gasteiger partial charge is 0.237 e. The Morgan fingerprint density at radius 3 is 2.08 bits per heavy atom. The lowest BCUT2D eigenvalue weighted by atomic mass is 10.1. The highest BCUT2D eigenvalue weighted by Gasteiger charge is 2.12. The Balaban J connectivity index is 1.85. The van der Waals surface area contributed by atoms with E-state index in [1.807, 2.05) is 91.9 Å². The van der Waals surface area contributed by atoms with E-state index < -0.39 is 11.0 Å². The Morgan fingerprint density at radius 1 is 0.840 bits per heavy atom. The Hall–Kier alpha value is -2.67. The molecule has 0 spiro atoms. The molecule has 0 amide bonds. The molecule has 0 aromatic heterocycles. The van der Waals surface area contributed by atoms with Gasteiger partial charge >= 0.3 is 0 Å². The summed E-state index contributed by atoms with van der Waals surface area (Å²) >= 11 is 0. The van der Waals surface area contributed by atoms with E-state index in [4.69, 9.17) is 0 Å². The van der Waals surface area contributed by atoms with Gasteiger partial charge in [0, 0.05) is 5.56 Å². The zero-order valence-corrected chi connectivity index (χ0v) is 14.8. The van der Waals surface area contributed by atoms with Crippen LogP contribution in [-0.2, 0) is 11.0 Å². The molecule has 1 N–H and O–H groups in total. The third-order valence-corrected chi connectivity index (χ3v) is 4.88. The van der Waals surface area contributed by atoms with Crippen LogP contribution in [0.1, 0.15) is 22.7 Å². The van der Waals surface area contributed by atoms with Crippen LogP contribution in [0, 0.1) is 18.8 Å². The van der Waals surface area contributed by atoms with Crippen LogP contribution in [0.4, 0.5) is 0 Å². The molecular formula is C22H19NOS. The monoisotopic (exact) mass is 345 g/mol. The quantitative estimate of drug-likeness (QED) is 0.698. The molecule has 0 fully saturated rings. The zero-order chi connectivity index (χ0) is 17.5. The van der Waals surface area contributed by atoms with Crippen molar-refractivity contribution in [1.29, 1.82) is 0 Å². The number of aryl methyl sites for hydroxylation is 1. The van der Waals surface area contributed by atoms with Crippen molar-refractivity contribution in [3.05, 3.63) is 102 Å². The number of benzene rings is 3. The lowest BCUT2D eigenvalue weighted by molar-refractivity contribution is 0.666. The highest BCUT2D eigenvalue weighted by Crippen LogP contribution is 2.15. The molecule has 0 radical (unpaired) electrons. The van der Waals surface area contributed by atoms with E-state index >= 15 is 0 Å². The third-order valence-electron chi connectivity index (χ3n) is 3.73. The van der Waals surface area contributed by atoms with Crippen LogP contribution >= 0.6 is 0 Å². The van der Waals surface area contributed by atoms with Crippen molar-refractivity contribution in [1.82, 2.24) is 4.72 Å². The maximum atomic E-state index is 12.7. The van der Waals surface area contributed by atoms with Gasteiger partial charge in [-0.3, -0.25) is 0 Å². The van der Waals surface area contributed by atoms with Crippen molar-refractivity contribution in [3.8, 4) is 11.8 Å². The van der Waals surface area contributed by atoms with Gasteiger partial charge in [-0.2, -0.15) is 0 Å². The number of rotatable bonds is 4. The fourth-order valence-electron chi connectivity index (χ4n) is 2.34. The minimum absolute atomic E-state index is 0.316. The van der Waals surface area contributed by atoms with Crippen LogP contribution in [-0.4, -0.2) is 4.21 Å². The molecule has 0 heterocycles. The summed E-state index contributed by atoms with van der Waals surface area (Å²) < 4.78 is 15.8. The molecule has 25 heavy (non-hydrogen) atoms. The first-order valence-corrected chi connectivity index (χ1v) is 9.23.